The molecule has 2 aromatic heterocycles. The van der Waals surface area contributed by atoms with Crippen molar-refractivity contribution in [2.45, 2.75) is 38.9 Å². The van der Waals surface area contributed by atoms with Crippen molar-refractivity contribution in [3.63, 3.8) is 0 Å². The van der Waals surface area contributed by atoms with E-state index >= 15 is 0 Å². The van der Waals surface area contributed by atoms with Crippen LogP contribution in [0.15, 0.2) is 30.6 Å². The minimum absolute atomic E-state index is 0.513. The fourth-order valence-electron chi connectivity index (χ4n) is 3.33. The van der Waals surface area contributed by atoms with Gasteiger partial charge in [0.15, 0.2) is 4.77 Å². The number of benzene rings is 1. The van der Waals surface area contributed by atoms with Crippen molar-refractivity contribution < 1.29 is 0 Å². The third-order valence-corrected chi connectivity index (χ3v) is 6.28. The third-order valence-electron chi connectivity index (χ3n) is 4.64. The van der Waals surface area contributed by atoms with Crippen LogP contribution in [0, 0.1) is 4.77 Å². The van der Waals surface area contributed by atoms with Crippen molar-refractivity contribution in [1.29, 1.82) is 0 Å². The summed E-state index contributed by atoms with van der Waals surface area (Å²) < 4.78 is 6.03. The van der Waals surface area contributed by atoms with Crippen LogP contribution in [0.5, 0.6) is 0 Å². The maximum absolute atomic E-state index is 5.49. The fourth-order valence-corrected chi connectivity index (χ4v) is 4.70. The van der Waals surface area contributed by atoms with Gasteiger partial charge in [-0.15, -0.1) is 11.3 Å². The molecule has 1 fully saturated rings. The molecule has 1 aliphatic rings. The summed E-state index contributed by atoms with van der Waals surface area (Å²) >= 11 is 7.32. The van der Waals surface area contributed by atoms with Gasteiger partial charge in [-0.25, -0.2) is 9.67 Å². The van der Waals surface area contributed by atoms with Crippen molar-refractivity contribution in [2.24, 2.45) is 0 Å². The SMILES string of the molecule is CCn1cnn(CN2CCCC(c3nc4ccccc4s3)C2)c1=S. The molecule has 0 spiro atoms. The van der Waals surface area contributed by atoms with E-state index in [1.807, 2.05) is 26.9 Å². The maximum Gasteiger partial charge on any atom is 0.198 e. The molecule has 7 heteroatoms. The normalized spacial score (nSPS) is 19.1. The molecule has 3 heterocycles. The number of likely N-dealkylation sites (tertiary alicyclic amines) is 1. The first-order valence-electron chi connectivity index (χ1n) is 8.44. The van der Waals surface area contributed by atoms with Crippen LogP contribution in [-0.2, 0) is 13.2 Å². The average Bonchev–Trinajstić information content (AvgIpc) is 3.19. The molecule has 24 heavy (non-hydrogen) atoms. The average molecular weight is 360 g/mol. The summed E-state index contributed by atoms with van der Waals surface area (Å²) in [6.45, 7) is 5.86. The summed E-state index contributed by atoms with van der Waals surface area (Å²) in [7, 11) is 0. The van der Waals surface area contributed by atoms with Gasteiger partial charge in [0.2, 0.25) is 0 Å². The molecule has 1 atom stereocenters. The van der Waals surface area contributed by atoms with E-state index in [1.54, 1.807) is 0 Å². The second-order valence-corrected chi connectivity index (χ2v) is 7.70. The topological polar surface area (TPSA) is 38.9 Å². The Balaban J connectivity index is 1.50. The summed E-state index contributed by atoms with van der Waals surface area (Å²) in [6.07, 6.45) is 4.24. The Morgan fingerprint density at radius 3 is 3.00 bits per heavy atom. The lowest BCUT2D eigenvalue weighted by Crippen LogP contribution is -2.36. The molecule has 1 unspecified atom stereocenters. The minimum Gasteiger partial charge on any atom is -0.307 e. The number of rotatable bonds is 4. The van der Waals surface area contributed by atoms with E-state index in [1.165, 1.54) is 22.5 Å². The van der Waals surface area contributed by atoms with Gasteiger partial charge in [-0.1, -0.05) is 12.1 Å². The van der Waals surface area contributed by atoms with Crippen LogP contribution < -0.4 is 0 Å². The van der Waals surface area contributed by atoms with Crippen LogP contribution in [0.2, 0.25) is 0 Å². The zero-order valence-corrected chi connectivity index (χ0v) is 15.4. The second kappa shape index (κ2) is 6.74. The molecular weight excluding hydrogens is 338 g/mol. The molecule has 0 bridgehead atoms. The molecule has 0 N–H and O–H groups in total. The number of para-hydroxylation sites is 1. The number of hydrogen-bond acceptors (Lipinski definition) is 5. The standard InChI is InChI=1S/C17H21N5S2/c1-2-21-11-18-22(17(21)23)12-20-9-5-6-13(10-20)16-19-14-7-3-4-8-15(14)24-16/h3-4,7-8,11,13H,2,5-6,9-10,12H2,1H3. The van der Waals surface area contributed by atoms with Crippen molar-refractivity contribution in [1.82, 2.24) is 24.2 Å². The minimum atomic E-state index is 0.513. The summed E-state index contributed by atoms with van der Waals surface area (Å²) in [5.74, 6) is 0.513. The van der Waals surface area contributed by atoms with Crippen LogP contribution in [-0.4, -0.2) is 37.3 Å². The third kappa shape index (κ3) is 3.03. The van der Waals surface area contributed by atoms with E-state index in [0.717, 1.165) is 36.6 Å². The number of fused-ring (bicyclic) bond motifs is 1. The largest absolute Gasteiger partial charge is 0.307 e. The van der Waals surface area contributed by atoms with E-state index in [2.05, 4.69) is 41.2 Å². The first-order valence-corrected chi connectivity index (χ1v) is 9.67. The van der Waals surface area contributed by atoms with Crippen LogP contribution >= 0.6 is 23.6 Å². The highest BCUT2D eigenvalue weighted by Gasteiger charge is 2.24. The molecule has 1 aliphatic heterocycles. The van der Waals surface area contributed by atoms with E-state index in [9.17, 15) is 0 Å². The molecule has 0 saturated carbocycles. The number of hydrogen-bond donors (Lipinski definition) is 0. The summed E-state index contributed by atoms with van der Waals surface area (Å²) in [6, 6.07) is 8.41. The van der Waals surface area contributed by atoms with Gasteiger partial charge in [-0.3, -0.25) is 4.90 Å². The number of nitrogens with zero attached hydrogens (tertiary/aromatic N) is 5. The Bertz CT molecular complexity index is 861. The van der Waals surface area contributed by atoms with Gasteiger partial charge in [-0.2, -0.15) is 5.10 Å². The predicted octanol–water partition coefficient (Wildman–Crippen LogP) is 3.88. The Hall–Kier alpha value is -1.57. The molecule has 1 saturated heterocycles. The molecule has 5 nitrogen and oxygen atoms in total. The lowest BCUT2D eigenvalue weighted by atomic mass is 9.99. The number of aryl methyl sites for hydroxylation is 1. The number of aromatic nitrogens is 4. The second-order valence-electron chi connectivity index (χ2n) is 6.28. The zero-order valence-electron chi connectivity index (χ0n) is 13.8. The summed E-state index contributed by atoms with van der Waals surface area (Å²) in [5.41, 5.74) is 1.12. The molecule has 0 amide bonds. The Kier molecular flexibility index (Phi) is 4.47. The molecule has 126 valence electrons. The van der Waals surface area contributed by atoms with E-state index in [4.69, 9.17) is 17.2 Å². The Morgan fingerprint density at radius 2 is 2.21 bits per heavy atom. The summed E-state index contributed by atoms with van der Waals surface area (Å²) in [5, 5.41) is 5.70. The van der Waals surface area contributed by atoms with Gasteiger partial charge in [0.25, 0.3) is 0 Å². The van der Waals surface area contributed by atoms with Gasteiger partial charge >= 0.3 is 0 Å². The van der Waals surface area contributed by atoms with E-state index in [0.29, 0.717) is 5.92 Å². The Labute approximate surface area is 150 Å². The zero-order chi connectivity index (χ0) is 16.5. The monoisotopic (exact) mass is 359 g/mol. The maximum atomic E-state index is 5.49. The smallest absolute Gasteiger partial charge is 0.198 e. The van der Waals surface area contributed by atoms with Crippen LogP contribution in [0.1, 0.15) is 30.7 Å². The highest BCUT2D eigenvalue weighted by Crippen LogP contribution is 2.33. The predicted molar refractivity (Wildman–Crippen MR) is 99.9 cm³/mol. The van der Waals surface area contributed by atoms with Crippen molar-refractivity contribution in [3.05, 3.63) is 40.4 Å². The van der Waals surface area contributed by atoms with E-state index < -0.39 is 0 Å². The van der Waals surface area contributed by atoms with Gasteiger partial charge in [-0.05, 0) is 50.7 Å². The molecular formula is C17H21N5S2. The van der Waals surface area contributed by atoms with Gasteiger partial charge in [0.05, 0.1) is 21.9 Å². The van der Waals surface area contributed by atoms with Crippen LogP contribution in [0.4, 0.5) is 0 Å². The molecule has 4 rings (SSSR count). The highest BCUT2D eigenvalue weighted by molar-refractivity contribution is 7.71. The van der Waals surface area contributed by atoms with Crippen molar-refractivity contribution in [2.75, 3.05) is 13.1 Å². The van der Waals surface area contributed by atoms with E-state index in [-0.39, 0.29) is 0 Å². The quantitative estimate of drug-likeness (QED) is 0.663. The highest BCUT2D eigenvalue weighted by atomic mass is 32.1. The molecule has 3 aromatic rings. The number of thiazole rings is 1. The summed E-state index contributed by atoms with van der Waals surface area (Å²) in [4.78, 5) is 7.30. The number of piperidine rings is 1. The van der Waals surface area contributed by atoms with Gasteiger partial charge < -0.3 is 4.57 Å². The Morgan fingerprint density at radius 1 is 1.33 bits per heavy atom. The van der Waals surface area contributed by atoms with Crippen molar-refractivity contribution >= 4 is 33.8 Å². The van der Waals surface area contributed by atoms with Crippen molar-refractivity contribution in [3.8, 4) is 0 Å². The molecule has 0 radical (unpaired) electrons. The fraction of sp³-hybridized carbons (Fsp3) is 0.471. The van der Waals surface area contributed by atoms with Gasteiger partial charge in [0.1, 0.15) is 6.33 Å². The molecule has 0 aliphatic carbocycles. The van der Waals surface area contributed by atoms with Gasteiger partial charge in [0, 0.05) is 19.0 Å². The lowest BCUT2D eigenvalue weighted by Gasteiger charge is -2.31. The first-order chi connectivity index (χ1) is 11.7. The van der Waals surface area contributed by atoms with Crippen LogP contribution in [0.25, 0.3) is 10.2 Å². The lowest BCUT2D eigenvalue weighted by molar-refractivity contribution is 0.156. The molecule has 1 aromatic carbocycles. The van der Waals surface area contributed by atoms with Crippen LogP contribution in [0.3, 0.4) is 0 Å². The first kappa shape index (κ1) is 15.9.